The van der Waals surface area contributed by atoms with E-state index in [-0.39, 0.29) is 6.04 Å². The van der Waals surface area contributed by atoms with E-state index in [1.165, 1.54) is 10.6 Å². The smallest absolute Gasteiger partial charge is 0.211 e. The normalized spacial score (nSPS) is 22.9. The molecule has 1 atom stereocenters. The third-order valence-electron chi connectivity index (χ3n) is 3.39. The highest BCUT2D eigenvalue weighted by atomic mass is 32.2. The Balaban J connectivity index is 2.67. The quantitative estimate of drug-likeness (QED) is 0.806. The highest BCUT2D eigenvalue weighted by molar-refractivity contribution is 7.88. The van der Waals surface area contributed by atoms with Crippen molar-refractivity contribution in [2.24, 2.45) is 0 Å². The molecule has 1 N–H and O–H groups in total. The minimum atomic E-state index is -3.12. The summed E-state index contributed by atoms with van der Waals surface area (Å²) in [6.07, 6.45) is 3.29. The molecule has 1 fully saturated rings. The average Bonchev–Trinajstić information content (AvgIpc) is 2.28. The van der Waals surface area contributed by atoms with Crippen molar-refractivity contribution in [3.8, 4) is 6.07 Å². The summed E-state index contributed by atoms with van der Waals surface area (Å²) in [5.74, 6) is 0. The molecule has 1 aliphatic heterocycles. The summed E-state index contributed by atoms with van der Waals surface area (Å²) in [6, 6.07) is 2.60. The summed E-state index contributed by atoms with van der Waals surface area (Å²) >= 11 is 0. The Hall–Kier alpha value is -0.640. The first-order chi connectivity index (χ1) is 7.83. The number of nitrogens with zero attached hydrogens (tertiary/aromatic N) is 2. The number of hydrogen-bond donors (Lipinski definition) is 1. The van der Waals surface area contributed by atoms with Gasteiger partial charge in [0, 0.05) is 19.1 Å². The van der Waals surface area contributed by atoms with Crippen molar-refractivity contribution in [1.29, 1.82) is 5.26 Å². The maximum absolute atomic E-state index is 11.4. The monoisotopic (exact) mass is 259 g/mol. The van der Waals surface area contributed by atoms with E-state index in [2.05, 4.69) is 18.3 Å². The molecule has 1 saturated heterocycles. The molecule has 98 valence electrons. The zero-order valence-electron chi connectivity index (χ0n) is 10.7. The summed E-state index contributed by atoms with van der Waals surface area (Å²) < 4.78 is 24.2. The van der Waals surface area contributed by atoms with Gasteiger partial charge in [-0.05, 0) is 26.2 Å². The van der Waals surface area contributed by atoms with Crippen molar-refractivity contribution >= 4 is 10.0 Å². The van der Waals surface area contributed by atoms with E-state index in [1.807, 2.05) is 6.92 Å². The van der Waals surface area contributed by atoms with E-state index in [1.54, 1.807) is 0 Å². The molecule has 1 rings (SSSR count). The van der Waals surface area contributed by atoms with Crippen LogP contribution >= 0.6 is 0 Å². The molecular formula is C11H21N3O2S. The Bertz CT molecular complexity index is 391. The molecular weight excluding hydrogens is 238 g/mol. The van der Waals surface area contributed by atoms with Gasteiger partial charge in [-0.15, -0.1) is 0 Å². The Morgan fingerprint density at radius 2 is 2.00 bits per heavy atom. The van der Waals surface area contributed by atoms with Gasteiger partial charge in [0.25, 0.3) is 0 Å². The van der Waals surface area contributed by atoms with Crippen molar-refractivity contribution in [2.45, 2.75) is 44.7 Å². The minimum absolute atomic E-state index is 0.277. The van der Waals surface area contributed by atoms with Crippen LogP contribution in [0.25, 0.3) is 0 Å². The highest BCUT2D eigenvalue weighted by Gasteiger charge is 2.37. The molecule has 0 spiro atoms. The van der Waals surface area contributed by atoms with Gasteiger partial charge in [-0.2, -0.15) is 5.26 Å². The SMILES string of the molecule is CCC(C)NC1(C#N)CCN(S(C)(=O)=O)CC1. The highest BCUT2D eigenvalue weighted by Crippen LogP contribution is 2.24. The van der Waals surface area contributed by atoms with Crippen molar-refractivity contribution in [2.75, 3.05) is 19.3 Å². The van der Waals surface area contributed by atoms with E-state index in [0.29, 0.717) is 25.9 Å². The minimum Gasteiger partial charge on any atom is -0.297 e. The van der Waals surface area contributed by atoms with Crippen molar-refractivity contribution < 1.29 is 8.42 Å². The van der Waals surface area contributed by atoms with Crippen LogP contribution in [-0.2, 0) is 10.0 Å². The first-order valence-corrected chi connectivity index (χ1v) is 7.82. The molecule has 0 bridgehead atoms. The van der Waals surface area contributed by atoms with Gasteiger partial charge >= 0.3 is 0 Å². The molecule has 0 aliphatic carbocycles. The molecule has 1 unspecified atom stereocenters. The van der Waals surface area contributed by atoms with E-state index >= 15 is 0 Å². The Labute approximate surface area is 104 Å². The lowest BCUT2D eigenvalue weighted by Gasteiger charge is -2.38. The maximum atomic E-state index is 11.4. The largest absolute Gasteiger partial charge is 0.297 e. The standard InChI is InChI=1S/C11H21N3O2S/c1-4-10(2)13-11(9-12)5-7-14(8-6-11)17(3,15)16/h10,13H,4-8H2,1-3H3. The lowest BCUT2D eigenvalue weighted by molar-refractivity contribution is 0.224. The molecule has 1 aliphatic rings. The fourth-order valence-corrected chi connectivity index (χ4v) is 2.91. The van der Waals surface area contributed by atoms with Gasteiger partial charge in [0.1, 0.15) is 5.54 Å². The summed E-state index contributed by atoms with van der Waals surface area (Å²) in [6.45, 7) is 4.96. The van der Waals surface area contributed by atoms with Crippen LogP contribution in [-0.4, -0.2) is 43.6 Å². The predicted molar refractivity (Wildman–Crippen MR) is 66.9 cm³/mol. The van der Waals surface area contributed by atoms with Gasteiger partial charge in [-0.3, -0.25) is 5.32 Å². The van der Waals surface area contributed by atoms with Crippen LogP contribution in [0.5, 0.6) is 0 Å². The second-order valence-corrected chi connectivity index (χ2v) is 6.79. The van der Waals surface area contributed by atoms with Gasteiger partial charge in [-0.25, -0.2) is 12.7 Å². The number of hydrogen-bond acceptors (Lipinski definition) is 4. The van der Waals surface area contributed by atoms with E-state index < -0.39 is 15.6 Å². The van der Waals surface area contributed by atoms with Crippen LogP contribution in [0.15, 0.2) is 0 Å². The number of nitrogens with one attached hydrogen (secondary N) is 1. The Morgan fingerprint density at radius 1 is 1.47 bits per heavy atom. The van der Waals surface area contributed by atoms with Crippen molar-refractivity contribution in [1.82, 2.24) is 9.62 Å². The number of rotatable bonds is 4. The molecule has 5 nitrogen and oxygen atoms in total. The summed E-state index contributed by atoms with van der Waals surface area (Å²) in [5, 5.41) is 12.6. The first-order valence-electron chi connectivity index (χ1n) is 5.97. The van der Waals surface area contributed by atoms with Crippen molar-refractivity contribution in [3.05, 3.63) is 0 Å². The van der Waals surface area contributed by atoms with E-state index in [0.717, 1.165) is 6.42 Å². The zero-order chi connectivity index (χ0) is 13.1. The van der Waals surface area contributed by atoms with Crippen LogP contribution in [0.1, 0.15) is 33.1 Å². The van der Waals surface area contributed by atoms with E-state index in [4.69, 9.17) is 0 Å². The molecule has 0 radical (unpaired) electrons. The van der Waals surface area contributed by atoms with Gasteiger partial charge in [-0.1, -0.05) is 6.92 Å². The molecule has 6 heteroatoms. The maximum Gasteiger partial charge on any atom is 0.211 e. The number of nitriles is 1. The molecule has 0 aromatic carbocycles. The summed E-state index contributed by atoms with van der Waals surface area (Å²) in [5.41, 5.74) is -0.559. The van der Waals surface area contributed by atoms with Crippen LogP contribution in [0.2, 0.25) is 0 Å². The molecule has 1 heterocycles. The molecule has 17 heavy (non-hydrogen) atoms. The molecule has 0 saturated carbocycles. The lowest BCUT2D eigenvalue weighted by Crippen LogP contribution is -2.55. The van der Waals surface area contributed by atoms with Crippen LogP contribution in [0.4, 0.5) is 0 Å². The second-order valence-electron chi connectivity index (χ2n) is 4.81. The topological polar surface area (TPSA) is 73.2 Å². The fourth-order valence-electron chi connectivity index (χ4n) is 2.06. The third-order valence-corrected chi connectivity index (χ3v) is 4.70. The molecule has 0 aromatic rings. The average molecular weight is 259 g/mol. The fraction of sp³-hybridized carbons (Fsp3) is 0.909. The van der Waals surface area contributed by atoms with Crippen LogP contribution in [0.3, 0.4) is 0 Å². The summed E-state index contributed by atoms with van der Waals surface area (Å²) in [4.78, 5) is 0. The Morgan fingerprint density at radius 3 is 2.35 bits per heavy atom. The van der Waals surface area contributed by atoms with Crippen LogP contribution in [0, 0.1) is 11.3 Å². The number of sulfonamides is 1. The van der Waals surface area contributed by atoms with Crippen LogP contribution < -0.4 is 5.32 Å². The second kappa shape index (κ2) is 5.34. The van der Waals surface area contributed by atoms with Gasteiger partial charge < -0.3 is 0 Å². The third kappa shape index (κ3) is 3.66. The van der Waals surface area contributed by atoms with Gasteiger partial charge in [0.15, 0.2) is 0 Å². The van der Waals surface area contributed by atoms with Gasteiger partial charge in [0.2, 0.25) is 10.0 Å². The van der Waals surface area contributed by atoms with Crippen molar-refractivity contribution in [3.63, 3.8) is 0 Å². The lowest BCUT2D eigenvalue weighted by atomic mass is 9.89. The predicted octanol–water partition coefficient (Wildman–Crippen LogP) is 0.692. The molecule has 0 amide bonds. The van der Waals surface area contributed by atoms with E-state index in [9.17, 15) is 13.7 Å². The molecule has 0 aromatic heterocycles. The first kappa shape index (κ1) is 14.4. The van der Waals surface area contributed by atoms with Gasteiger partial charge in [0.05, 0.1) is 12.3 Å². The number of piperidine rings is 1. The zero-order valence-corrected chi connectivity index (χ0v) is 11.5. The Kier molecular flexibility index (Phi) is 4.53. The summed E-state index contributed by atoms with van der Waals surface area (Å²) in [7, 11) is -3.12.